The summed E-state index contributed by atoms with van der Waals surface area (Å²) in [5.74, 6) is -0.734. The van der Waals surface area contributed by atoms with Crippen LogP contribution in [0.4, 0.5) is 0 Å². The van der Waals surface area contributed by atoms with Gasteiger partial charge in [0.15, 0.2) is 0 Å². The van der Waals surface area contributed by atoms with Gasteiger partial charge in [0.05, 0.1) is 0 Å². The molecule has 0 aliphatic carbocycles. The van der Waals surface area contributed by atoms with E-state index >= 15 is 0 Å². The zero-order chi connectivity index (χ0) is 17.9. The van der Waals surface area contributed by atoms with E-state index in [1.165, 1.54) is 0 Å². The molecule has 0 amide bonds. The normalized spacial score (nSPS) is 13.2. The second-order valence-corrected chi connectivity index (χ2v) is 5.65. The molecule has 5 heteroatoms. The van der Waals surface area contributed by atoms with E-state index in [0.29, 0.717) is 6.42 Å². The van der Waals surface area contributed by atoms with Gasteiger partial charge in [-0.25, -0.2) is 4.89 Å². The maximum atomic E-state index is 10.3. The van der Waals surface area contributed by atoms with Crippen LogP contribution in [0.25, 0.3) is 0 Å². The van der Waals surface area contributed by atoms with Gasteiger partial charge in [0.1, 0.15) is 6.10 Å². The minimum absolute atomic E-state index is 0. The van der Waals surface area contributed by atoms with Crippen LogP contribution in [0.15, 0.2) is 48.6 Å². The second-order valence-electron chi connectivity index (χ2n) is 5.65. The van der Waals surface area contributed by atoms with Crippen molar-refractivity contribution in [2.24, 2.45) is 0 Å². The van der Waals surface area contributed by atoms with Crippen molar-refractivity contribution in [3.63, 3.8) is 0 Å². The van der Waals surface area contributed by atoms with Crippen LogP contribution in [0.2, 0.25) is 0 Å². The van der Waals surface area contributed by atoms with Crippen molar-refractivity contribution in [3.05, 3.63) is 48.6 Å². The van der Waals surface area contributed by atoms with Gasteiger partial charge in [-0.05, 0) is 32.1 Å². The van der Waals surface area contributed by atoms with E-state index in [-0.39, 0.29) is 42.1 Å². The van der Waals surface area contributed by atoms with Crippen molar-refractivity contribution < 1.29 is 20.0 Å². The minimum atomic E-state index is -0.734. The number of carboxylic acid groups (broad SMARTS) is 1. The molecule has 0 saturated heterocycles. The molecule has 1 unspecified atom stereocenters. The number of hydrogen-bond donors (Lipinski definition) is 2. The van der Waals surface area contributed by atoms with Crippen LogP contribution in [-0.4, -0.2) is 52.0 Å². The summed E-state index contributed by atoms with van der Waals surface area (Å²) in [6, 6.07) is 0. The Labute approximate surface area is 174 Å². The summed E-state index contributed by atoms with van der Waals surface area (Å²) in [5, 5.41) is 17.3. The Morgan fingerprint density at radius 3 is 2.32 bits per heavy atom. The van der Waals surface area contributed by atoms with Gasteiger partial charge in [0.25, 0.3) is 0 Å². The molecule has 0 aromatic carbocycles. The summed E-state index contributed by atoms with van der Waals surface area (Å²) in [7, 11) is 0. The quantitative estimate of drug-likeness (QED) is 0.107. The summed E-state index contributed by atoms with van der Waals surface area (Å²) < 4.78 is 0. The van der Waals surface area contributed by atoms with Gasteiger partial charge in [-0.1, -0.05) is 74.8 Å². The Bertz CT molecular complexity index is 414. The Kier molecular flexibility index (Phi) is 22.7. The standard InChI is InChI=1S/C20H32O4.Na.H/c1-2-3-13-16-19(24-23)17-14-11-9-7-5-4-6-8-10-12-15-18-20(21)22;;/h4-5,8-11,14,17,19,23H,2-3,6-7,12-13,15-16,18H2,1H3,(H,21,22);;/b5-4+,10-8+,11-9+,17-14+;;. The Morgan fingerprint density at radius 2 is 1.68 bits per heavy atom. The predicted octanol–water partition coefficient (Wildman–Crippen LogP) is 5.04. The van der Waals surface area contributed by atoms with E-state index in [0.717, 1.165) is 44.9 Å². The monoisotopic (exact) mass is 360 g/mol. The van der Waals surface area contributed by atoms with Crippen LogP contribution in [0, 0.1) is 0 Å². The van der Waals surface area contributed by atoms with Gasteiger partial charge in [0, 0.05) is 6.42 Å². The second kappa shape index (κ2) is 21.4. The summed E-state index contributed by atoms with van der Waals surface area (Å²) in [5.41, 5.74) is 0. The third-order valence-corrected chi connectivity index (χ3v) is 3.44. The van der Waals surface area contributed by atoms with E-state index in [1.807, 2.05) is 30.4 Å². The van der Waals surface area contributed by atoms with Gasteiger partial charge in [-0.2, -0.15) is 0 Å². The number of carbonyl (C=O) groups is 1. The number of aliphatic carboxylic acids is 1. The van der Waals surface area contributed by atoms with Crippen molar-refractivity contribution in [2.75, 3.05) is 0 Å². The Hall–Kier alpha value is -0.650. The summed E-state index contributed by atoms with van der Waals surface area (Å²) >= 11 is 0. The molecule has 25 heavy (non-hydrogen) atoms. The molecule has 0 aromatic heterocycles. The van der Waals surface area contributed by atoms with Gasteiger partial charge < -0.3 is 5.11 Å². The molecule has 2 N–H and O–H groups in total. The molecule has 0 saturated carbocycles. The third-order valence-electron chi connectivity index (χ3n) is 3.44. The van der Waals surface area contributed by atoms with Gasteiger partial charge in [0.2, 0.25) is 0 Å². The first kappa shape index (κ1) is 26.6. The molecule has 138 valence electrons. The molecule has 0 heterocycles. The summed E-state index contributed by atoms with van der Waals surface area (Å²) in [4.78, 5) is 14.8. The average Bonchev–Trinajstić information content (AvgIpc) is 2.57. The molecule has 0 rings (SSSR count). The zero-order valence-corrected chi connectivity index (χ0v) is 14.8. The van der Waals surface area contributed by atoms with E-state index in [9.17, 15) is 4.79 Å². The molecule has 1 atom stereocenters. The van der Waals surface area contributed by atoms with E-state index in [4.69, 9.17) is 10.4 Å². The number of unbranched alkanes of at least 4 members (excludes halogenated alkanes) is 3. The molecule has 0 aliphatic rings. The average molecular weight is 360 g/mol. The molecular weight excluding hydrogens is 327 g/mol. The van der Waals surface area contributed by atoms with Crippen molar-refractivity contribution in [1.82, 2.24) is 0 Å². The van der Waals surface area contributed by atoms with Crippen molar-refractivity contribution >= 4 is 35.5 Å². The zero-order valence-electron chi connectivity index (χ0n) is 14.8. The van der Waals surface area contributed by atoms with E-state index < -0.39 is 5.97 Å². The molecule has 0 aromatic rings. The maximum absolute atomic E-state index is 10.3. The third kappa shape index (κ3) is 21.3. The fraction of sp³-hybridized carbons (Fsp3) is 0.550. The van der Waals surface area contributed by atoms with Gasteiger partial charge in [-0.15, -0.1) is 0 Å². The van der Waals surface area contributed by atoms with Crippen molar-refractivity contribution in [2.45, 2.75) is 70.8 Å². The van der Waals surface area contributed by atoms with Gasteiger partial charge in [-0.3, -0.25) is 10.1 Å². The topological polar surface area (TPSA) is 66.8 Å². The van der Waals surface area contributed by atoms with Crippen LogP contribution in [-0.2, 0) is 9.68 Å². The Balaban J connectivity index is 0. The van der Waals surface area contributed by atoms with Gasteiger partial charge >= 0.3 is 35.5 Å². The fourth-order valence-corrected chi connectivity index (χ4v) is 2.06. The number of rotatable bonds is 15. The molecule has 0 bridgehead atoms. The summed E-state index contributed by atoms with van der Waals surface area (Å²) in [6.45, 7) is 2.15. The molecule has 0 fully saturated rings. The van der Waals surface area contributed by atoms with Crippen molar-refractivity contribution in [1.29, 1.82) is 0 Å². The van der Waals surface area contributed by atoms with Crippen LogP contribution >= 0.6 is 0 Å². The molecule has 0 aliphatic heterocycles. The SMILES string of the molecule is CCCCCC(/C=C/C=C/C/C=C/C/C=C/CCCC(=O)O)OO.[NaH]. The molecule has 4 nitrogen and oxygen atoms in total. The number of carboxylic acids is 1. The van der Waals surface area contributed by atoms with Crippen molar-refractivity contribution in [3.8, 4) is 0 Å². The predicted molar refractivity (Wildman–Crippen MR) is 106 cm³/mol. The molecule has 0 spiro atoms. The Morgan fingerprint density at radius 1 is 1.00 bits per heavy atom. The number of allylic oxidation sites excluding steroid dienone is 7. The molecule has 0 radical (unpaired) electrons. The number of hydrogen-bond acceptors (Lipinski definition) is 3. The first-order valence-corrected chi connectivity index (χ1v) is 8.86. The summed E-state index contributed by atoms with van der Waals surface area (Å²) in [6.07, 6.45) is 23.5. The first-order valence-electron chi connectivity index (χ1n) is 8.86. The van der Waals surface area contributed by atoms with E-state index in [2.05, 4.69) is 30.0 Å². The van der Waals surface area contributed by atoms with Crippen LogP contribution in [0.3, 0.4) is 0 Å². The van der Waals surface area contributed by atoms with Crippen LogP contribution in [0.5, 0.6) is 0 Å². The first-order chi connectivity index (χ1) is 11.7. The van der Waals surface area contributed by atoms with E-state index in [1.54, 1.807) is 0 Å². The fourth-order valence-electron chi connectivity index (χ4n) is 2.06. The molecular formula is C20H33NaO4. The van der Waals surface area contributed by atoms with Crippen LogP contribution in [0.1, 0.15) is 64.7 Å². The van der Waals surface area contributed by atoms with Crippen LogP contribution < -0.4 is 0 Å².